The lowest BCUT2D eigenvalue weighted by Crippen LogP contribution is -2.15. The van der Waals surface area contributed by atoms with Crippen molar-refractivity contribution in [2.45, 2.75) is 32.4 Å². The van der Waals surface area contributed by atoms with E-state index in [-0.39, 0.29) is 0 Å². The van der Waals surface area contributed by atoms with E-state index in [1.807, 2.05) is 24.3 Å². The van der Waals surface area contributed by atoms with Crippen molar-refractivity contribution < 1.29 is 4.74 Å². The highest BCUT2D eigenvalue weighted by atomic mass is 35.5. The molecule has 2 nitrogen and oxygen atoms in total. The number of ether oxygens (including phenoxy) is 1. The van der Waals surface area contributed by atoms with Crippen molar-refractivity contribution in [2.24, 2.45) is 0 Å². The topological polar surface area (TPSA) is 21.3 Å². The minimum atomic E-state index is 0.719. The Hall–Kier alpha value is -1.51. The van der Waals surface area contributed by atoms with Crippen molar-refractivity contribution >= 4 is 11.6 Å². The summed E-state index contributed by atoms with van der Waals surface area (Å²) < 4.78 is 5.94. The average Bonchev–Trinajstić information content (AvgIpc) is 3.26. The standard InChI is InChI=1S/C17H18ClNO/c1-12-2-3-13(11-19-15-6-7-15)10-17(12)20-16-8-4-14(18)5-9-16/h2-5,8-10,15,19H,6-7,11H2,1H3. The van der Waals surface area contributed by atoms with E-state index in [1.54, 1.807) is 0 Å². The SMILES string of the molecule is Cc1ccc(CNC2CC2)cc1Oc1ccc(Cl)cc1. The summed E-state index contributed by atoms with van der Waals surface area (Å²) in [7, 11) is 0. The average molecular weight is 288 g/mol. The zero-order valence-corrected chi connectivity index (χ0v) is 12.3. The highest BCUT2D eigenvalue weighted by Crippen LogP contribution is 2.27. The number of nitrogens with one attached hydrogen (secondary N) is 1. The van der Waals surface area contributed by atoms with Gasteiger partial charge in [0, 0.05) is 17.6 Å². The van der Waals surface area contributed by atoms with Gasteiger partial charge in [-0.2, -0.15) is 0 Å². The molecule has 1 fully saturated rings. The van der Waals surface area contributed by atoms with Crippen molar-refractivity contribution in [3.8, 4) is 11.5 Å². The van der Waals surface area contributed by atoms with Gasteiger partial charge in [-0.1, -0.05) is 23.7 Å². The normalized spacial score (nSPS) is 14.3. The molecule has 104 valence electrons. The molecule has 0 unspecified atom stereocenters. The molecule has 1 aliphatic rings. The van der Waals surface area contributed by atoms with E-state index in [0.29, 0.717) is 0 Å². The molecule has 0 amide bonds. The van der Waals surface area contributed by atoms with Crippen LogP contribution in [0.4, 0.5) is 0 Å². The van der Waals surface area contributed by atoms with Crippen LogP contribution in [0.1, 0.15) is 24.0 Å². The van der Waals surface area contributed by atoms with Crippen LogP contribution in [-0.4, -0.2) is 6.04 Å². The van der Waals surface area contributed by atoms with Gasteiger partial charge in [0.2, 0.25) is 0 Å². The Balaban J connectivity index is 1.73. The summed E-state index contributed by atoms with van der Waals surface area (Å²) in [5, 5.41) is 4.24. The maximum absolute atomic E-state index is 5.94. The quantitative estimate of drug-likeness (QED) is 0.861. The van der Waals surface area contributed by atoms with E-state index in [9.17, 15) is 0 Å². The van der Waals surface area contributed by atoms with Gasteiger partial charge in [0.15, 0.2) is 0 Å². The zero-order valence-electron chi connectivity index (χ0n) is 11.5. The number of aryl methyl sites for hydroxylation is 1. The molecule has 1 aliphatic carbocycles. The van der Waals surface area contributed by atoms with Gasteiger partial charge in [-0.05, 0) is 61.2 Å². The number of halogens is 1. The van der Waals surface area contributed by atoms with E-state index in [4.69, 9.17) is 16.3 Å². The molecular formula is C17H18ClNO. The first kappa shape index (κ1) is 13.5. The molecule has 0 atom stereocenters. The summed E-state index contributed by atoms with van der Waals surface area (Å²) in [6, 6.07) is 14.5. The van der Waals surface area contributed by atoms with Gasteiger partial charge in [0.25, 0.3) is 0 Å². The highest BCUT2D eigenvalue weighted by molar-refractivity contribution is 6.30. The van der Waals surface area contributed by atoms with Crippen molar-refractivity contribution in [3.05, 3.63) is 58.6 Å². The first-order chi connectivity index (χ1) is 9.70. The smallest absolute Gasteiger partial charge is 0.130 e. The van der Waals surface area contributed by atoms with Crippen LogP contribution in [0.25, 0.3) is 0 Å². The largest absolute Gasteiger partial charge is 0.457 e. The molecule has 1 N–H and O–H groups in total. The Kier molecular flexibility index (Phi) is 3.95. The molecule has 2 aromatic rings. The van der Waals surface area contributed by atoms with Gasteiger partial charge in [-0.3, -0.25) is 0 Å². The fraction of sp³-hybridized carbons (Fsp3) is 0.294. The summed E-state index contributed by atoms with van der Waals surface area (Å²) in [5.74, 6) is 1.72. The van der Waals surface area contributed by atoms with Gasteiger partial charge in [-0.15, -0.1) is 0 Å². The molecule has 3 rings (SSSR count). The van der Waals surface area contributed by atoms with Crippen LogP contribution in [0.5, 0.6) is 11.5 Å². The van der Waals surface area contributed by atoms with E-state index in [0.717, 1.165) is 34.7 Å². The second kappa shape index (κ2) is 5.86. The Labute approximate surface area is 124 Å². The van der Waals surface area contributed by atoms with E-state index >= 15 is 0 Å². The maximum Gasteiger partial charge on any atom is 0.130 e. The molecule has 0 heterocycles. The summed E-state index contributed by atoms with van der Waals surface area (Å²) in [4.78, 5) is 0. The number of hydrogen-bond acceptors (Lipinski definition) is 2. The van der Waals surface area contributed by atoms with Gasteiger partial charge in [-0.25, -0.2) is 0 Å². The first-order valence-corrected chi connectivity index (χ1v) is 7.35. The lowest BCUT2D eigenvalue weighted by atomic mass is 10.1. The Bertz CT molecular complexity index is 590. The predicted molar refractivity (Wildman–Crippen MR) is 82.6 cm³/mol. The Morgan fingerprint density at radius 2 is 1.90 bits per heavy atom. The van der Waals surface area contributed by atoms with Gasteiger partial charge in [0.1, 0.15) is 11.5 Å². The van der Waals surface area contributed by atoms with Crippen LogP contribution in [0.3, 0.4) is 0 Å². The molecule has 0 spiro atoms. The molecule has 0 aromatic heterocycles. The predicted octanol–water partition coefficient (Wildman–Crippen LogP) is 4.69. The fourth-order valence-electron chi connectivity index (χ4n) is 2.04. The number of rotatable bonds is 5. The molecule has 3 heteroatoms. The molecule has 2 aromatic carbocycles. The Morgan fingerprint density at radius 3 is 2.60 bits per heavy atom. The van der Waals surface area contributed by atoms with Crippen LogP contribution in [0, 0.1) is 6.92 Å². The fourth-order valence-corrected chi connectivity index (χ4v) is 2.17. The second-order valence-electron chi connectivity index (χ2n) is 5.31. The van der Waals surface area contributed by atoms with E-state index < -0.39 is 0 Å². The number of benzene rings is 2. The molecular weight excluding hydrogens is 270 g/mol. The third-order valence-corrected chi connectivity index (χ3v) is 3.72. The molecule has 1 saturated carbocycles. The van der Waals surface area contributed by atoms with Crippen LogP contribution in [0.15, 0.2) is 42.5 Å². The van der Waals surface area contributed by atoms with Crippen LogP contribution < -0.4 is 10.1 Å². The number of hydrogen-bond donors (Lipinski definition) is 1. The van der Waals surface area contributed by atoms with Crippen LogP contribution in [0.2, 0.25) is 5.02 Å². The Morgan fingerprint density at radius 1 is 1.15 bits per heavy atom. The highest BCUT2D eigenvalue weighted by Gasteiger charge is 2.20. The minimum Gasteiger partial charge on any atom is -0.457 e. The van der Waals surface area contributed by atoms with Crippen molar-refractivity contribution in [1.82, 2.24) is 5.32 Å². The maximum atomic E-state index is 5.94. The minimum absolute atomic E-state index is 0.719. The zero-order chi connectivity index (χ0) is 13.9. The van der Waals surface area contributed by atoms with Crippen molar-refractivity contribution in [1.29, 1.82) is 0 Å². The molecule has 0 radical (unpaired) electrons. The van der Waals surface area contributed by atoms with Crippen LogP contribution in [-0.2, 0) is 6.54 Å². The van der Waals surface area contributed by atoms with Gasteiger partial charge < -0.3 is 10.1 Å². The third-order valence-electron chi connectivity index (χ3n) is 3.47. The summed E-state index contributed by atoms with van der Waals surface area (Å²) in [6.45, 7) is 2.96. The van der Waals surface area contributed by atoms with Gasteiger partial charge in [0.05, 0.1) is 0 Å². The molecule has 0 aliphatic heterocycles. The first-order valence-electron chi connectivity index (χ1n) is 6.97. The summed E-state index contributed by atoms with van der Waals surface area (Å²) in [6.07, 6.45) is 2.61. The van der Waals surface area contributed by atoms with E-state index in [2.05, 4.69) is 30.4 Å². The molecule has 20 heavy (non-hydrogen) atoms. The van der Waals surface area contributed by atoms with E-state index in [1.165, 1.54) is 18.4 Å². The van der Waals surface area contributed by atoms with Crippen molar-refractivity contribution in [2.75, 3.05) is 0 Å². The van der Waals surface area contributed by atoms with Crippen molar-refractivity contribution in [3.63, 3.8) is 0 Å². The van der Waals surface area contributed by atoms with Gasteiger partial charge >= 0.3 is 0 Å². The summed E-state index contributed by atoms with van der Waals surface area (Å²) >= 11 is 5.88. The second-order valence-corrected chi connectivity index (χ2v) is 5.75. The molecule has 0 saturated heterocycles. The monoisotopic (exact) mass is 287 g/mol. The third kappa shape index (κ3) is 3.53. The van der Waals surface area contributed by atoms with Crippen LogP contribution >= 0.6 is 11.6 Å². The molecule has 0 bridgehead atoms. The lowest BCUT2D eigenvalue weighted by molar-refractivity contribution is 0.477. The lowest BCUT2D eigenvalue weighted by Gasteiger charge is -2.11. The summed E-state index contributed by atoms with van der Waals surface area (Å²) in [5.41, 5.74) is 2.39.